The number of rotatable bonds is 73. The molecule has 19 heteroatoms. The standard InChI is InChI=1S/C76H148O17P2/c1-66(2)52-44-36-28-21-17-15-13-11-9-10-12-14-16-18-23-33-42-50-58-75(80)93-72(63-87-74(79)57-49-41-35-27-31-39-47-55-69(7)8)65-91-95(84,85)89-61-70(77)60-88-94(82,83)90-64-71(62-86-73(78)56-48-40-32-26-25-30-38-46-54-68(5)6)92-76(81)59-51-43-34-24-20-19-22-29-37-45-53-67(3)4/h66-72,77H,9-65H2,1-8H3,(H,82,83)(H,84,85)/t70?,71-,72-/m1/s1. The highest BCUT2D eigenvalue weighted by atomic mass is 31.2. The molecule has 0 aromatic carbocycles. The Morgan fingerprint density at radius 1 is 0.263 bits per heavy atom. The van der Waals surface area contributed by atoms with E-state index in [2.05, 4.69) is 55.4 Å². The lowest BCUT2D eigenvalue weighted by Crippen LogP contribution is -2.30. The van der Waals surface area contributed by atoms with Crippen LogP contribution in [0.2, 0.25) is 0 Å². The molecule has 0 bridgehead atoms. The van der Waals surface area contributed by atoms with Crippen LogP contribution in [0.3, 0.4) is 0 Å². The highest BCUT2D eigenvalue weighted by Crippen LogP contribution is 2.45. The first-order valence-electron chi connectivity index (χ1n) is 39.2. The fourth-order valence-corrected chi connectivity index (χ4v) is 13.1. The van der Waals surface area contributed by atoms with Crippen LogP contribution >= 0.6 is 15.6 Å². The van der Waals surface area contributed by atoms with Crippen LogP contribution in [0.4, 0.5) is 0 Å². The van der Waals surface area contributed by atoms with Crippen LogP contribution in [0.15, 0.2) is 0 Å². The van der Waals surface area contributed by atoms with Crippen molar-refractivity contribution in [1.82, 2.24) is 0 Å². The summed E-state index contributed by atoms with van der Waals surface area (Å²) >= 11 is 0. The highest BCUT2D eigenvalue weighted by Gasteiger charge is 2.30. The van der Waals surface area contributed by atoms with Crippen LogP contribution in [0.1, 0.15) is 383 Å². The van der Waals surface area contributed by atoms with Crippen molar-refractivity contribution in [2.45, 2.75) is 401 Å². The number of aliphatic hydroxyl groups excluding tert-OH is 1. The first-order chi connectivity index (χ1) is 45.6. The fraction of sp³-hybridized carbons (Fsp3) is 0.947. The van der Waals surface area contributed by atoms with Crippen molar-refractivity contribution in [2.75, 3.05) is 39.6 Å². The van der Waals surface area contributed by atoms with Crippen molar-refractivity contribution in [3.63, 3.8) is 0 Å². The summed E-state index contributed by atoms with van der Waals surface area (Å²) in [5.74, 6) is 0.880. The van der Waals surface area contributed by atoms with Crippen molar-refractivity contribution in [3.8, 4) is 0 Å². The minimum absolute atomic E-state index is 0.105. The van der Waals surface area contributed by atoms with Gasteiger partial charge >= 0.3 is 39.5 Å². The van der Waals surface area contributed by atoms with E-state index in [0.717, 1.165) is 114 Å². The van der Waals surface area contributed by atoms with E-state index >= 15 is 0 Å². The second-order valence-electron chi connectivity index (χ2n) is 29.3. The van der Waals surface area contributed by atoms with Crippen molar-refractivity contribution in [3.05, 3.63) is 0 Å². The topological polar surface area (TPSA) is 237 Å². The molecule has 0 aromatic heterocycles. The number of esters is 4. The van der Waals surface area contributed by atoms with E-state index in [9.17, 15) is 43.2 Å². The quantitative estimate of drug-likeness (QED) is 0.0222. The predicted molar refractivity (Wildman–Crippen MR) is 386 cm³/mol. The van der Waals surface area contributed by atoms with Gasteiger partial charge in [0.05, 0.1) is 26.4 Å². The maximum absolute atomic E-state index is 13.1. The summed E-state index contributed by atoms with van der Waals surface area (Å²) in [5.41, 5.74) is 0. The molecule has 0 radical (unpaired) electrons. The summed E-state index contributed by atoms with van der Waals surface area (Å²) in [6.07, 6.45) is 50.2. The molecule has 5 atom stereocenters. The lowest BCUT2D eigenvalue weighted by atomic mass is 10.0. The molecule has 0 heterocycles. The minimum Gasteiger partial charge on any atom is -0.462 e. The lowest BCUT2D eigenvalue weighted by molar-refractivity contribution is -0.161. The SMILES string of the molecule is CC(C)CCCCCCCCCCCCCCCCCCCCC(=O)O[C@H](COC(=O)CCCCCCCCCC(C)C)COP(=O)(O)OCC(O)COP(=O)(O)OC[C@@H](COC(=O)CCCCCCCCCCC(C)C)OC(=O)CCCCCCCCCCCCC(C)C. The van der Waals surface area contributed by atoms with Crippen LogP contribution in [-0.2, 0) is 65.4 Å². The van der Waals surface area contributed by atoms with Crippen LogP contribution in [0.5, 0.6) is 0 Å². The summed E-state index contributed by atoms with van der Waals surface area (Å²) < 4.78 is 68.5. The maximum Gasteiger partial charge on any atom is 0.472 e. The zero-order chi connectivity index (χ0) is 70.3. The van der Waals surface area contributed by atoms with E-state index in [1.54, 1.807) is 0 Å². The summed E-state index contributed by atoms with van der Waals surface area (Å²) in [7, 11) is -9.91. The second-order valence-corrected chi connectivity index (χ2v) is 32.2. The molecule has 0 aliphatic rings. The third kappa shape index (κ3) is 70.3. The van der Waals surface area contributed by atoms with Gasteiger partial charge in [0.1, 0.15) is 19.3 Å². The first-order valence-corrected chi connectivity index (χ1v) is 42.2. The Balaban J connectivity index is 5.19. The number of hydrogen-bond donors (Lipinski definition) is 3. The van der Waals surface area contributed by atoms with Gasteiger partial charge < -0.3 is 33.8 Å². The summed E-state index contributed by atoms with van der Waals surface area (Å²) in [5, 5.41) is 10.6. The molecular weight excluding hydrogens is 1250 g/mol. The van der Waals surface area contributed by atoms with Gasteiger partial charge in [0, 0.05) is 25.7 Å². The molecule has 0 saturated carbocycles. The Morgan fingerprint density at radius 3 is 0.653 bits per heavy atom. The number of aliphatic hydroxyl groups is 1. The van der Waals surface area contributed by atoms with Gasteiger partial charge in [-0.15, -0.1) is 0 Å². The molecule has 0 rings (SSSR count). The van der Waals surface area contributed by atoms with Gasteiger partial charge in [-0.05, 0) is 49.4 Å². The second kappa shape index (κ2) is 65.4. The molecule has 0 aromatic rings. The molecular formula is C76H148O17P2. The normalized spacial score (nSPS) is 14.1. The minimum atomic E-state index is -4.96. The number of phosphoric ester groups is 2. The average molecular weight is 1400 g/mol. The Morgan fingerprint density at radius 2 is 0.442 bits per heavy atom. The van der Waals surface area contributed by atoms with E-state index in [4.69, 9.17) is 37.0 Å². The molecule has 0 saturated heterocycles. The lowest BCUT2D eigenvalue weighted by Gasteiger charge is -2.21. The van der Waals surface area contributed by atoms with Gasteiger partial charge in [0.15, 0.2) is 12.2 Å². The smallest absolute Gasteiger partial charge is 0.462 e. The average Bonchev–Trinajstić information content (AvgIpc) is 1.74. The van der Waals surface area contributed by atoms with Gasteiger partial charge in [-0.1, -0.05) is 331 Å². The molecule has 17 nitrogen and oxygen atoms in total. The maximum atomic E-state index is 13.1. The largest absolute Gasteiger partial charge is 0.472 e. The van der Waals surface area contributed by atoms with Gasteiger partial charge in [-0.3, -0.25) is 37.3 Å². The third-order valence-electron chi connectivity index (χ3n) is 17.6. The van der Waals surface area contributed by atoms with E-state index in [1.165, 1.54) is 180 Å². The van der Waals surface area contributed by atoms with Crippen LogP contribution in [0, 0.1) is 23.7 Å². The van der Waals surface area contributed by atoms with E-state index in [0.29, 0.717) is 31.6 Å². The van der Waals surface area contributed by atoms with Gasteiger partial charge in [-0.25, -0.2) is 9.13 Å². The predicted octanol–water partition coefficient (Wildman–Crippen LogP) is 22.0. The Labute approximate surface area is 581 Å². The number of carbonyl (C=O) groups is 4. The summed E-state index contributed by atoms with van der Waals surface area (Å²) in [4.78, 5) is 72.7. The summed E-state index contributed by atoms with van der Waals surface area (Å²) in [6.45, 7) is 14.1. The van der Waals surface area contributed by atoms with Crippen molar-refractivity contribution < 1.29 is 80.2 Å². The Hall–Kier alpha value is -1.94. The molecule has 0 amide bonds. The third-order valence-corrected chi connectivity index (χ3v) is 19.5. The number of unbranched alkanes of at least 4 members (excludes halogenated alkanes) is 39. The monoisotopic (exact) mass is 1400 g/mol. The molecule has 3 N–H and O–H groups in total. The molecule has 564 valence electrons. The molecule has 3 unspecified atom stereocenters. The van der Waals surface area contributed by atoms with Crippen molar-refractivity contribution in [1.29, 1.82) is 0 Å². The molecule has 95 heavy (non-hydrogen) atoms. The van der Waals surface area contributed by atoms with Crippen LogP contribution in [0.25, 0.3) is 0 Å². The highest BCUT2D eigenvalue weighted by molar-refractivity contribution is 7.47. The van der Waals surface area contributed by atoms with Gasteiger partial charge in [0.25, 0.3) is 0 Å². The van der Waals surface area contributed by atoms with E-state index in [-0.39, 0.29) is 25.7 Å². The molecule has 0 fully saturated rings. The number of phosphoric acid groups is 2. The van der Waals surface area contributed by atoms with E-state index < -0.39 is 97.5 Å². The summed E-state index contributed by atoms with van der Waals surface area (Å²) in [6, 6.07) is 0. The molecule has 0 aliphatic heterocycles. The number of hydrogen-bond acceptors (Lipinski definition) is 15. The van der Waals surface area contributed by atoms with Gasteiger partial charge in [-0.2, -0.15) is 0 Å². The van der Waals surface area contributed by atoms with Crippen molar-refractivity contribution in [2.24, 2.45) is 23.7 Å². The molecule has 0 aliphatic carbocycles. The van der Waals surface area contributed by atoms with Crippen molar-refractivity contribution >= 4 is 39.5 Å². The number of ether oxygens (including phenoxy) is 4. The fourth-order valence-electron chi connectivity index (χ4n) is 11.6. The van der Waals surface area contributed by atoms with Crippen LogP contribution in [-0.4, -0.2) is 96.7 Å². The van der Waals surface area contributed by atoms with Crippen LogP contribution < -0.4 is 0 Å². The number of carbonyl (C=O) groups excluding carboxylic acids is 4. The zero-order valence-electron chi connectivity index (χ0n) is 62.3. The first kappa shape index (κ1) is 93.1. The van der Waals surface area contributed by atoms with E-state index in [1.807, 2.05) is 0 Å². The Kier molecular flexibility index (Phi) is 64.0. The Bertz CT molecular complexity index is 1870. The molecule has 0 spiro atoms. The zero-order valence-corrected chi connectivity index (χ0v) is 64.1. The van der Waals surface area contributed by atoms with Gasteiger partial charge in [0.2, 0.25) is 0 Å².